The van der Waals surface area contributed by atoms with E-state index in [4.69, 9.17) is 15.2 Å². The minimum Gasteiger partial charge on any atom is -0.493 e. The topological polar surface area (TPSA) is 73.6 Å². The molecule has 0 aliphatic carbocycles. The number of rotatable bonds is 6. The third-order valence-electron chi connectivity index (χ3n) is 2.54. The maximum absolute atomic E-state index is 10.7. The largest absolute Gasteiger partial charge is 0.493 e. The predicted molar refractivity (Wildman–Crippen MR) is 71.0 cm³/mol. The number of hydrogen-bond donors (Lipinski definition) is 2. The molecule has 3 N–H and O–H groups in total. The highest BCUT2D eigenvalue weighted by atomic mass is 16.5. The first-order valence-corrected chi connectivity index (χ1v) is 5.92. The Morgan fingerprint density at radius 1 is 1.39 bits per heavy atom. The SMILES string of the molecule is CCc1cc(OCCNC(C)=O)c(OC)cc1N. The van der Waals surface area contributed by atoms with Crippen molar-refractivity contribution < 1.29 is 14.3 Å². The van der Waals surface area contributed by atoms with Gasteiger partial charge in [0.2, 0.25) is 5.91 Å². The highest BCUT2D eigenvalue weighted by Gasteiger charge is 2.08. The van der Waals surface area contributed by atoms with Crippen molar-refractivity contribution in [3.8, 4) is 11.5 Å². The van der Waals surface area contributed by atoms with E-state index in [1.807, 2.05) is 13.0 Å². The lowest BCUT2D eigenvalue weighted by atomic mass is 10.1. The highest BCUT2D eigenvalue weighted by Crippen LogP contribution is 2.32. The summed E-state index contributed by atoms with van der Waals surface area (Å²) in [6.07, 6.45) is 0.831. The number of hydrogen-bond acceptors (Lipinski definition) is 4. The van der Waals surface area contributed by atoms with Crippen LogP contribution in [-0.4, -0.2) is 26.2 Å². The number of amides is 1. The predicted octanol–water partition coefficient (Wildman–Crippen LogP) is 1.35. The molecule has 5 nitrogen and oxygen atoms in total. The maximum atomic E-state index is 10.7. The van der Waals surface area contributed by atoms with Gasteiger partial charge >= 0.3 is 0 Å². The molecule has 1 amide bonds. The molecular formula is C13H20N2O3. The van der Waals surface area contributed by atoms with Crippen molar-refractivity contribution in [2.45, 2.75) is 20.3 Å². The highest BCUT2D eigenvalue weighted by molar-refractivity contribution is 5.72. The summed E-state index contributed by atoms with van der Waals surface area (Å²) in [5.41, 5.74) is 7.59. The molecular weight excluding hydrogens is 232 g/mol. The molecule has 1 aromatic carbocycles. The quantitative estimate of drug-likeness (QED) is 0.592. The average molecular weight is 252 g/mol. The Kier molecular flexibility index (Phi) is 5.30. The molecule has 0 spiro atoms. The minimum absolute atomic E-state index is 0.0721. The second kappa shape index (κ2) is 6.74. The van der Waals surface area contributed by atoms with Gasteiger partial charge in [-0.2, -0.15) is 0 Å². The van der Waals surface area contributed by atoms with E-state index in [-0.39, 0.29) is 5.91 Å². The van der Waals surface area contributed by atoms with E-state index in [1.54, 1.807) is 13.2 Å². The van der Waals surface area contributed by atoms with Crippen molar-refractivity contribution >= 4 is 11.6 Å². The average Bonchev–Trinajstić information content (AvgIpc) is 2.35. The number of nitrogen functional groups attached to an aromatic ring is 1. The van der Waals surface area contributed by atoms with E-state index in [0.717, 1.165) is 12.0 Å². The maximum Gasteiger partial charge on any atom is 0.216 e. The number of aryl methyl sites for hydroxylation is 1. The lowest BCUT2D eigenvalue weighted by Gasteiger charge is -2.14. The summed E-state index contributed by atoms with van der Waals surface area (Å²) in [5, 5.41) is 2.66. The first-order valence-electron chi connectivity index (χ1n) is 5.92. The van der Waals surface area contributed by atoms with Gasteiger partial charge in [0.1, 0.15) is 6.61 Å². The molecule has 0 heterocycles. The summed E-state index contributed by atoms with van der Waals surface area (Å²) in [4.78, 5) is 10.7. The standard InChI is InChI=1S/C13H20N2O3/c1-4-10-7-13(12(17-3)8-11(10)14)18-6-5-15-9(2)16/h7-8H,4-6,14H2,1-3H3,(H,15,16). The van der Waals surface area contributed by atoms with Crippen LogP contribution in [0, 0.1) is 0 Å². The van der Waals surface area contributed by atoms with Crippen molar-refractivity contribution in [1.82, 2.24) is 5.32 Å². The Hall–Kier alpha value is -1.91. The van der Waals surface area contributed by atoms with E-state index in [1.165, 1.54) is 6.92 Å². The van der Waals surface area contributed by atoms with Gasteiger partial charge in [-0.15, -0.1) is 0 Å². The second-order valence-electron chi connectivity index (χ2n) is 3.89. The Morgan fingerprint density at radius 2 is 2.11 bits per heavy atom. The summed E-state index contributed by atoms with van der Waals surface area (Å²) in [7, 11) is 1.57. The van der Waals surface area contributed by atoms with Gasteiger partial charge in [-0.25, -0.2) is 0 Å². The van der Waals surface area contributed by atoms with Gasteiger partial charge in [0.05, 0.1) is 13.7 Å². The van der Waals surface area contributed by atoms with Crippen LogP contribution in [0.15, 0.2) is 12.1 Å². The van der Waals surface area contributed by atoms with Crippen LogP contribution < -0.4 is 20.5 Å². The van der Waals surface area contributed by atoms with E-state index >= 15 is 0 Å². The lowest BCUT2D eigenvalue weighted by Crippen LogP contribution is -2.25. The van der Waals surface area contributed by atoms with E-state index in [0.29, 0.717) is 30.3 Å². The van der Waals surface area contributed by atoms with Crippen LogP contribution in [0.5, 0.6) is 11.5 Å². The number of methoxy groups -OCH3 is 1. The summed E-state index contributed by atoms with van der Waals surface area (Å²) in [5.74, 6) is 1.18. The van der Waals surface area contributed by atoms with Crippen molar-refractivity contribution in [3.63, 3.8) is 0 Å². The molecule has 18 heavy (non-hydrogen) atoms. The number of anilines is 1. The third kappa shape index (κ3) is 3.84. The smallest absolute Gasteiger partial charge is 0.216 e. The van der Waals surface area contributed by atoms with Crippen LogP contribution in [0.1, 0.15) is 19.4 Å². The van der Waals surface area contributed by atoms with E-state index in [2.05, 4.69) is 5.32 Å². The van der Waals surface area contributed by atoms with Crippen LogP contribution in [0.25, 0.3) is 0 Å². The van der Waals surface area contributed by atoms with Crippen LogP contribution in [0.4, 0.5) is 5.69 Å². The van der Waals surface area contributed by atoms with Crippen molar-refractivity contribution in [3.05, 3.63) is 17.7 Å². The Balaban J connectivity index is 2.70. The molecule has 0 atom stereocenters. The van der Waals surface area contributed by atoms with Crippen LogP contribution in [-0.2, 0) is 11.2 Å². The van der Waals surface area contributed by atoms with Crippen LogP contribution in [0.2, 0.25) is 0 Å². The minimum atomic E-state index is -0.0721. The van der Waals surface area contributed by atoms with Crippen molar-refractivity contribution in [1.29, 1.82) is 0 Å². The van der Waals surface area contributed by atoms with E-state index < -0.39 is 0 Å². The molecule has 0 aliphatic heterocycles. The fraction of sp³-hybridized carbons (Fsp3) is 0.462. The normalized spacial score (nSPS) is 9.94. The van der Waals surface area contributed by atoms with Crippen LogP contribution in [0.3, 0.4) is 0 Å². The summed E-state index contributed by atoms with van der Waals surface area (Å²) in [6, 6.07) is 3.63. The number of nitrogens with one attached hydrogen (secondary N) is 1. The van der Waals surface area contributed by atoms with Crippen LogP contribution >= 0.6 is 0 Å². The van der Waals surface area contributed by atoms with Crippen molar-refractivity contribution in [2.75, 3.05) is 26.0 Å². The molecule has 100 valence electrons. The Labute approximate surface area is 107 Å². The molecule has 0 unspecified atom stereocenters. The fourth-order valence-electron chi connectivity index (χ4n) is 1.58. The first kappa shape index (κ1) is 14.2. The Bertz CT molecular complexity index is 419. The molecule has 5 heteroatoms. The van der Waals surface area contributed by atoms with Gasteiger partial charge in [-0.05, 0) is 18.1 Å². The number of nitrogens with two attached hydrogens (primary N) is 1. The fourth-order valence-corrected chi connectivity index (χ4v) is 1.58. The van der Waals surface area contributed by atoms with Gasteiger partial charge in [-0.1, -0.05) is 6.92 Å². The lowest BCUT2D eigenvalue weighted by molar-refractivity contribution is -0.119. The van der Waals surface area contributed by atoms with E-state index in [9.17, 15) is 4.79 Å². The molecule has 0 aromatic heterocycles. The molecule has 0 saturated heterocycles. The molecule has 1 aromatic rings. The third-order valence-corrected chi connectivity index (χ3v) is 2.54. The zero-order chi connectivity index (χ0) is 13.5. The van der Waals surface area contributed by atoms with Gasteiger partial charge in [0.15, 0.2) is 11.5 Å². The summed E-state index contributed by atoms with van der Waals surface area (Å²) < 4.78 is 10.8. The monoisotopic (exact) mass is 252 g/mol. The van der Waals surface area contributed by atoms with Gasteiger partial charge < -0.3 is 20.5 Å². The number of carbonyl (C=O) groups excluding carboxylic acids is 1. The molecule has 0 saturated carbocycles. The number of carbonyl (C=O) groups is 1. The van der Waals surface area contributed by atoms with Gasteiger partial charge in [-0.3, -0.25) is 4.79 Å². The summed E-state index contributed by atoms with van der Waals surface area (Å²) in [6.45, 7) is 4.35. The zero-order valence-electron chi connectivity index (χ0n) is 11.1. The van der Waals surface area contributed by atoms with Gasteiger partial charge in [0.25, 0.3) is 0 Å². The number of benzene rings is 1. The zero-order valence-corrected chi connectivity index (χ0v) is 11.1. The Morgan fingerprint density at radius 3 is 2.67 bits per heavy atom. The molecule has 0 aliphatic rings. The van der Waals surface area contributed by atoms with Gasteiger partial charge in [0, 0.05) is 18.7 Å². The molecule has 0 radical (unpaired) electrons. The summed E-state index contributed by atoms with van der Waals surface area (Å²) >= 11 is 0. The first-order chi connectivity index (χ1) is 8.58. The van der Waals surface area contributed by atoms with Crippen molar-refractivity contribution in [2.24, 2.45) is 0 Å². The number of ether oxygens (including phenoxy) is 2. The molecule has 0 fully saturated rings. The molecule has 1 rings (SSSR count). The second-order valence-corrected chi connectivity index (χ2v) is 3.89. The molecule has 0 bridgehead atoms.